The van der Waals surface area contributed by atoms with Crippen molar-refractivity contribution >= 4 is 7.12 Å². The molecule has 1 rings (SSSR count). The molecule has 0 aromatic carbocycles. The minimum absolute atomic E-state index is 0.0129. The molecule has 1 aliphatic heterocycles. The second kappa shape index (κ2) is 3.84. The molecular weight excluding hydrogens is 177 g/mol. The summed E-state index contributed by atoms with van der Waals surface area (Å²) >= 11 is 0. The molecule has 2 N–H and O–H groups in total. The Morgan fingerprint density at radius 3 is 1.93 bits per heavy atom. The summed E-state index contributed by atoms with van der Waals surface area (Å²) in [7, 11) is -0.250. The van der Waals surface area contributed by atoms with Crippen molar-refractivity contribution in [3.63, 3.8) is 0 Å². The molecule has 0 bridgehead atoms. The normalized spacial score (nSPS) is 26.6. The Morgan fingerprint density at radius 1 is 1.14 bits per heavy atom. The van der Waals surface area contributed by atoms with Gasteiger partial charge in [0, 0.05) is 5.94 Å². The molecule has 3 nitrogen and oxygen atoms in total. The van der Waals surface area contributed by atoms with Gasteiger partial charge in [-0.1, -0.05) is 13.3 Å². The zero-order chi connectivity index (χ0) is 11.0. The average Bonchev–Trinajstić information content (AvgIpc) is 2.22. The van der Waals surface area contributed by atoms with Crippen LogP contribution in [0.3, 0.4) is 0 Å². The highest BCUT2D eigenvalue weighted by atomic mass is 16.7. The van der Waals surface area contributed by atoms with Gasteiger partial charge in [-0.05, 0) is 34.1 Å². The average molecular weight is 199 g/mol. The monoisotopic (exact) mass is 199 g/mol. The highest BCUT2D eigenvalue weighted by molar-refractivity contribution is 6.47. The Bertz CT molecular complexity index is 190. The topological polar surface area (TPSA) is 44.5 Å². The fourth-order valence-electron chi connectivity index (χ4n) is 1.53. The van der Waals surface area contributed by atoms with Crippen LogP contribution in [0.5, 0.6) is 0 Å². The van der Waals surface area contributed by atoms with Crippen molar-refractivity contribution in [1.29, 1.82) is 0 Å². The van der Waals surface area contributed by atoms with Gasteiger partial charge in [-0.25, -0.2) is 0 Å². The van der Waals surface area contributed by atoms with E-state index in [-0.39, 0.29) is 24.3 Å². The molecule has 4 heteroatoms. The van der Waals surface area contributed by atoms with Crippen LogP contribution < -0.4 is 5.73 Å². The van der Waals surface area contributed by atoms with Gasteiger partial charge in [-0.3, -0.25) is 0 Å². The SMILES string of the molecule is CCCC(N)B1OC(C)(C)C(C)(C)O1. The third kappa shape index (κ3) is 2.13. The molecule has 0 aromatic heterocycles. The standard InChI is InChI=1S/C10H22BNO2/c1-6-7-8(12)11-13-9(2,3)10(4,5)14-11/h8H,6-7,12H2,1-5H3. The zero-order valence-electron chi connectivity index (χ0n) is 9.96. The maximum atomic E-state index is 5.98. The van der Waals surface area contributed by atoms with E-state index in [1.54, 1.807) is 0 Å². The van der Waals surface area contributed by atoms with Crippen molar-refractivity contribution in [2.75, 3.05) is 0 Å². The van der Waals surface area contributed by atoms with E-state index < -0.39 is 0 Å². The number of rotatable bonds is 3. The van der Waals surface area contributed by atoms with E-state index >= 15 is 0 Å². The number of hydrogen-bond acceptors (Lipinski definition) is 3. The van der Waals surface area contributed by atoms with E-state index in [1.165, 1.54) is 0 Å². The largest absolute Gasteiger partial charge is 0.475 e. The lowest BCUT2D eigenvalue weighted by atomic mass is 9.76. The lowest BCUT2D eigenvalue weighted by Gasteiger charge is -2.32. The molecule has 1 heterocycles. The van der Waals surface area contributed by atoms with Gasteiger partial charge in [-0.2, -0.15) is 0 Å². The van der Waals surface area contributed by atoms with Gasteiger partial charge in [0.2, 0.25) is 0 Å². The van der Waals surface area contributed by atoms with Crippen molar-refractivity contribution < 1.29 is 9.31 Å². The predicted molar refractivity (Wildman–Crippen MR) is 59.0 cm³/mol. The summed E-state index contributed by atoms with van der Waals surface area (Å²) in [5, 5.41) is 0. The summed E-state index contributed by atoms with van der Waals surface area (Å²) in [5.74, 6) is -0.0129. The van der Waals surface area contributed by atoms with Crippen LogP contribution in [0.25, 0.3) is 0 Å². The van der Waals surface area contributed by atoms with Crippen LogP contribution in [0.2, 0.25) is 0 Å². The van der Waals surface area contributed by atoms with Gasteiger partial charge in [0.1, 0.15) is 0 Å². The van der Waals surface area contributed by atoms with Crippen molar-refractivity contribution in [2.45, 2.75) is 64.6 Å². The summed E-state index contributed by atoms with van der Waals surface area (Å²) in [6.07, 6.45) is 2.00. The third-order valence-electron chi connectivity index (χ3n) is 3.24. The lowest BCUT2D eigenvalue weighted by Crippen LogP contribution is -2.41. The van der Waals surface area contributed by atoms with Crippen LogP contribution in [-0.4, -0.2) is 24.3 Å². The van der Waals surface area contributed by atoms with Gasteiger partial charge in [0.05, 0.1) is 11.2 Å². The molecule has 0 spiro atoms. The molecule has 14 heavy (non-hydrogen) atoms. The molecule has 0 aromatic rings. The van der Waals surface area contributed by atoms with Crippen LogP contribution >= 0.6 is 0 Å². The minimum Gasteiger partial charge on any atom is -0.402 e. The summed E-state index contributed by atoms with van der Waals surface area (Å²) in [6.45, 7) is 10.3. The van der Waals surface area contributed by atoms with Gasteiger partial charge in [-0.15, -0.1) is 0 Å². The van der Waals surface area contributed by atoms with Crippen LogP contribution in [0.1, 0.15) is 47.5 Å². The van der Waals surface area contributed by atoms with E-state index in [4.69, 9.17) is 15.0 Å². The molecule has 82 valence electrons. The van der Waals surface area contributed by atoms with Crippen LogP contribution in [-0.2, 0) is 9.31 Å². The zero-order valence-corrected chi connectivity index (χ0v) is 9.96. The first-order chi connectivity index (χ1) is 6.30. The first kappa shape index (κ1) is 12.0. The molecule has 0 saturated carbocycles. The third-order valence-corrected chi connectivity index (χ3v) is 3.24. The van der Waals surface area contributed by atoms with E-state index in [0.29, 0.717) is 0 Å². The van der Waals surface area contributed by atoms with Crippen LogP contribution in [0, 0.1) is 0 Å². The Kier molecular flexibility index (Phi) is 3.29. The Morgan fingerprint density at radius 2 is 1.57 bits per heavy atom. The minimum atomic E-state index is -0.261. The first-order valence-electron chi connectivity index (χ1n) is 5.41. The maximum Gasteiger partial charge on any atom is 0.475 e. The van der Waals surface area contributed by atoms with Crippen LogP contribution in [0.15, 0.2) is 0 Å². The highest BCUT2D eigenvalue weighted by Crippen LogP contribution is 2.37. The Hall–Kier alpha value is -0.0551. The highest BCUT2D eigenvalue weighted by Gasteiger charge is 2.52. The molecule has 0 amide bonds. The Balaban J connectivity index is 2.63. The maximum absolute atomic E-state index is 5.98. The van der Waals surface area contributed by atoms with Gasteiger partial charge >= 0.3 is 7.12 Å². The number of hydrogen-bond donors (Lipinski definition) is 1. The second-order valence-electron chi connectivity index (χ2n) is 5.08. The van der Waals surface area contributed by atoms with E-state index in [2.05, 4.69) is 6.92 Å². The quantitative estimate of drug-likeness (QED) is 0.704. The molecule has 0 radical (unpaired) electrons. The smallest absolute Gasteiger partial charge is 0.402 e. The van der Waals surface area contributed by atoms with E-state index in [0.717, 1.165) is 12.8 Å². The van der Waals surface area contributed by atoms with Crippen molar-refractivity contribution in [3.8, 4) is 0 Å². The van der Waals surface area contributed by atoms with Crippen molar-refractivity contribution in [1.82, 2.24) is 0 Å². The van der Waals surface area contributed by atoms with Crippen molar-refractivity contribution in [2.24, 2.45) is 5.73 Å². The molecular formula is C10H22BNO2. The number of nitrogens with two attached hydrogens (primary N) is 1. The summed E-state index contributed by atoms with van der Waals surface area (Å²) < 4.78 is 11.7. The van der Waals surface area contributed by atoms with Gasteiger partial charge in [0.15, 0.2) is 0 Å². The fraction of sp³-hybridized carbons (Fsp3) is 1.00. The molecule has 1 aliphatic rings. The lowest BCUT2D eigenvalue weighted by molar-refractivity contribution is 0.00578. The molecule has 1 saturated heterocycles. The Labute approximate surface area is 87.5 Å². The summed E-state index contributed by atoms with van der Waals surface area (Å²) in [5.41, 5.74) is 5.46. The first-order valence-corrected chi connectivity index (χ1v) is 5.41. The second-order valence-corrected chi connectivity index (χ2v) is 5.08. The van der Waals surface area contributed by atoms with Crippen LogP contribution in [0.4, 0.5) is 0 Å². The fourth-order valence-corrected chi connectivity index (χ4v) is 1.53. The molecule has 1 unspecified atom stereocenters. The summed E-state index contributed by atoms with van der Waals surface area (Å²) in [4.78, 5) is 0. The predicted octanol–water partition coefficient (Wildman–Crippen LogP) is 1.75. The molecule has 0 aliphatic carbocycles. The summed E-state index contributed by atoms with van der Waals surface area (Å²) in [6, 6.07) is 0. The van der Waals surface area contributed by atoms with E-state index in [9.17, 15) is 0 Å². The molecule has 1 atom stereocenters. The van der Waals surface area contributed by atoms with E-state index in [1.807, 2.05) is 27.7 Å². The van der Waals surface area contributed by atoms with Gasteiger partial charge in [0.25, 0.3) is 0 Å². The molecule has 1 fully saturated rings. The van der Waals surface area contributed by atoms with Gasteiger partial charge < -0.3 is 15.0 Å². The van der Waals surface area contributed by atoms with Crippen molar-refractivity contribution in [3.05, 3.63) is 0 Å².